The zero-order valence-corrected chi connectivity index (χ0v) is 14.7. The Hall–Kier alpha value is -2.18. The maximum Gasteiger partial charge on any atom is 0.325 e. The molecule has 1 aromatic heterocycles. The van der Waals surface area contributed by atoms with Crippen molar-refractivity contribution in [1.29, 1.82) is 0 Å². The molecule has 2 aromatic rings. The largest absolute Gasteiger partial charge is 0.325 e. The van der Waals surface area contributed by atoms with Gasteiger partial charge in [0.05, 0.1) is 0 Å². The smallest absolute Gasteiger partial charge is 0.310 e. The van der Waals surface area contributed by atoms with E-state index in [4.69, 9.17) is 11.6 Å². The summed E-state index contributed by atoms with van der Waals surface area (Å²) in [5.41, 5.74) is 1.22. The molecule has 1 atom stereocenters. The predicted octanol–water partition coefficient (Wildman–Crippen LogP) is 2.12. The van der Waals surface area contributed by atoms with Crippen LogP contribution >= 0.6 is 11.6 Å². The molecule has 0 amide bonds. The van der Waals surface area contributed by atoms with Crippen LogP contribution in [-0.2, 0) is 6.54 Å². The van der Waals surface area contributed by atoms with Gasteiger partial charge in [0.25, 0.3) is 5.56 Å². The molecule has 25 heavy (non-hydrogen) atoms. The molecule has 3 rings (SSSR count). The van der Waals surface area contributed by atoms with Crippen LogP contribution in [0.1, 0.15) is 34.5 Å². The van der Waals surface area contributed by atoms with Crippen molar-refractivity contribution in [3.05, 3.63) is 66.9 Å². The summed E-state index contributed by atoms with van der Waals surface area (Å²) < 4.78 is 0. The first-order valence-corrected chi connectivity index (χ1v) is 8.65. The summed E-state index contributed by atoms with van der Waals surface area (Å²) >= 11 is 5.97. The van der Waals surface area contributed by atoms with Crippen molar-refractivity contribution >= 4 is 17.4 Å². The summed E-state index contributed by atoms with van der Waals surface area (Å²) in [6.07, 6.45) is 1.74. The van der Waals surface area contributed by atoms with Crippen molar-refractivity contribution < 1.29 is 4.79 Å². The molecule has 2 N–H and O–H groups in total. The number of H-pyrrole nitrogens is 2. The fourth-order valence-corrected chi connectivity index (χ4v) is 3.61. The number of hydrogen-bond donors (Lipinski definition) is 2. The van der Waals surface area contributed by atoms with E-state index < -0.39 is 11.2 Å². The van der Waals surface area contributed by atoms with Crippen LogP contribution in [0.15, 0.2) is 33.9 Å². The molecule has 1 unspecified atom stereocenters. The number of rotatable bonds is 4. The van der Waals surface area contributed by atoms with E-state index in [0.29, 0.717) is 29.4 Å². The fraction of sp³-hybridized carbons (Fsp3) is 0.389. The third-order valence-corrected chi connectivity index (χ3v) is 4.78. The van der Waals surface area contributed by atoms with Crippen molar-refractivity contribution in [3.63, 3.8) is 0 Å². The fourth-order valence-electron chi connectivity index (χ4n) is 3.38. The molecule has 1 aliphatic rings. The summed E-state index contributed by atoms with van der Waals surface area (Å²) in [5, 5.41) is 0.623. The number of ketones is 1. The molecule has 1 aliphatic heterocycles. The van der Waals surface area contributed by atoms with Crippen LogP contribution in [-0.4, -0.2) is 33.7 Å². The molecule has 0 spiro atoms. The number of halogens is 1. The number of likely N-dealkylation sites (tertiary alicyclic amines) is 1. The van der Waals surface area contributed by atoms with E-state index in [1.165, 1.54) is 6.07 Å². The van der Waals surface area contributed by atoms with Crippen LogP contribution < -0.4 is 11.2 Å². The number of carbonyl (C=O) groups is 1. The second-order valence-electron chi connectivity index (χ2n) is 6.51. The van der Waals surface area contributed by atoms with E-state index in [2.05, 4.69) is 14.9 Å². The van der Waals surface area contributed by atoms with Gasteiger partial charge in [0.1, 0.15) is 0 Å². The molecule has 132 valence electrons. The highest BCUT2D eigenvalue weighted by Crippen LogP contribution is 2.24. The molecule has 0 bridgehead atoms. The quantitative estimate of drug-likeness (QED) is 0.817. The third kappa shape index (κ3) is 4.27. The Balaban J connectivity index is 1.73. The molecule has 1 fully saturated rings. The lowest BCUT2D eigenvalue weighted by Crippen LogP contribution is -2.39. The maximum absolute atomic E-state index is 12.9. The first-order chi connectivity index (χ1) is 11.9. The normalized spacial score (nSPS) is 18.2. The van der Waals surface area contributed by atoms with Crippen LogP contribution in [0.25, 0.3) is 0 Å². The first-order valence-electron chi connectivity index (χ1n) is 8.27. The number of carbonyl (C=O) groups excluding carboxylic acids is 1. The summed E-state index contributed by atoms with van der Waals surface area (Å²) in [6.45, 7) is 3.77. The van der Waals surface area contributed by atoms with E-state index in [1.807, 2.05) is 6.92 Å². The molecule has 1 aromatic carbocycles. The Morgan fingerprint density at radius 1 is 1.28 bits per heavy atom. The van der Waals surface area contributed by atoms with Crippen LogP contribution in [0.3, 0.4) is 0 Å². The van der Waals surface area contributed by atoms with E-state index >= 15 is 0 Å². The summed E-state index contributed by atoms with van der Waals surface area (Å²) in [6, 6.07) is 6.71. The standard InChI is InChI=1S/C18H20ClN3O3/c1-11-7-13(19)4-5-15(11)17(24)12-3-2-6-22(9-12)10-14-8-16(23)21-18(25)20-14/h4-5,7-8,12H,2-3,6,9-10H2,1H3,(H2,20,21,23,25). The van der Waals surface area contributed by atoms with Gasteiger partial charge in [0, 0.05) is 41.4 Å². The van der Waals surface area contributed by atoms with Crippen LogP contribution in [0, 0.1) is 12.8 Å². The average molecular weight is 362 g/mol. The maximum atomic E-state index is 12.9. The Labute approximate surface area is 149 Å². The minimum Gasteiger partial charge on any atom is -0.310 e. The minimum absolute atomic E-state index is 0.0951. The molecule has 2 heterocycles. The van der Waals surface area contributed by atoms with Crippen molar-refractivity contribution in [1.82, 2.24) is 14.9 Å². The molecule has 0 radical (unpaired) electrons. The third-order valence-electron chi connectivity index (χ3n) is 4.54. The lowest BCUT2D eigenvalue weighted by Gasteiger charge is -2.32. The predicted molar refractivity (Wildman–Crippen MR) is 96.2 cm³/mol. The number of aromatic nitrogens is 2. The summed E-state index contributed by atoms with van der Waals surface area (Å²) in [5.74, 6) is 0.0283. The first kappa shape index (κ1) is 17.6. The number of Topliss-reactive ketones (excluding diaryl/α,β-unsaturated/α-hetero) is 1. The van der Waals surface area contributed by atoms with Gasteiger partial charge in [-0.2, -0.15) is 0 Å². The molecule has 0 aliphatic carbocycles. The molecule has 0 saturated carbocycles. The van der Waals surface area contributed by atoms with E-state index in [9.17, 15) is 14.4 Å². The molecule has 6 nitrogen and oxygen atoms in total. The Morgan fingerprint density at radius 2 is 2.08 bits per heavy atom. The summed E-state index contributed by atoms with van der Waals surface area (Å²) in [7, 11) is 0. The number of hydrogen-bond acceptors (Lipinski definition) is 4. The monoisotopic (exact) mass is 361 g/mol. The van der Waals surface area contributed by atoms with Gasteiger partial charge in [-0.3, -0.25) is 19.5 Å². The van der Waals surface area contributed by atoms with Crippen LogP contribution in [0.5, 0.6) is 0 Å². The van der Waals surface area contributed by atoms with Gasteiger partial charge in [0.15, 0.2) is 5.78 Å². The minimum atomic E-state index is -0.510. The number of benzene rings is 1. The van der Waals surface area contributed by atoms with Crippen molar-refractivity contribution in [2.75, 3.05) is 13.1 Å². The van der Waals surface area contributed by atoms with Gasteiger partial charge in [-0.1, -0.05) is 11.6 Å². The number of aromatic amines is 2. The SMILES string of the molecule is Cc1cc(Cl)ccc1C(=O)C1CCCN(Cc2cc(=O)[nH]c(=O)[nH]2)C1. The molecule has 7 heteroatoms. The number of nitrogens with one attached hydrogen (secondary N) is 2. The van der Waals surface area contributed by atoms with Gasteiger partial charge >= 0.3 is 5.69 Å². The lowest BCUT2D eigenvalue weighted by molar-refractivity contribution is 0.0809. The zero-order chi connectivity index (χ0) is 18.0. The van der Waals surface area contributed by atoms with Crippen LogP contribution in [0.2, 0.25) is 5.02 Å². The Bertz CT molecular complexity index is 875. The van der Waals surface area contributed by atoms with Gasteiger partial charge < -0.3 is 4.98 Å². The van der Waals surface area contributed by atoms with Crippen molar-refractivity contribution in [2.24, 2.45) is 5.92 Å². The summed E-state index contributed by atoms with van der Waals surface area (Å²) in [4.78, 5) is 42.5. The highest BCUT2D eigenvalue weighted by atomic mass is 35.5. The lowest BCUT2D eigenvalue weighted by atomic mass is 9.88. The van der Waals surface area contributed by atoms with Gasteiger partial charge in [-0.25, -0.2) is 4.79 Å². The number of nitrogens with zero attached hydrogens (tertiary/aromatic N) is 1. The van der Waals surface area contributed by atoms with Crippen molar-refractivity contribution in [2.45, 2.75) is 26.3 Å². The number of aryl methyl sites for hydroxylation is 1. The van der Waals surface area contributed by atoms with E-state index in [0.717, 1.165) is 24.9 Å². The Morgan fingerprint density at radius 3 is 2.80 bits per heavy atom. The van der Waals surface area contributed by atoms with E-state index in [1.54, 1.807) is 18.2 Å². The van der Waals surface area contributed by atoms with Gasteiger partial charge in [-0.15, -0.1) is 0 Å². The van der Waals surface area contributed by atoms with Gasteiger partial charge in [0.2, 0.25) is 0 Å². The topological polar surface area (TPSA) is 86.0 Å². The second kappa shape index (κ2) is 7.37. The highest BCUT2D eigenvalue weighted by Gasteiger charge is 2.27. The van der Waals surface area contributed by atoms with E-state index in [-0.39, 0.29) is 11.7 Å². The second-order valence-corrected chi connectivity index (χ2v) is 6.95. The zero-order valence-electron chi connectivity index (χ0n) is 14.0. The van der Waals surface area contributed by atoms with Gasteiger partial charge in [-0.05, 0) is 50.1 Å². The van der Waals surface area contributed by atoms with Crippen LogP contribution in [0.4, 0.5) is 0 Å². The molecule has 1 saturated heterocycles. The Kier molecular flexibility index (Phi) is 5.20. The molecular formula is C18H20ClN3O3. The molecular weight excluding hydrogens is 342 g/mol. The average Bonchev–Trinajstić information content (AvgIpc) is 2.53. The number of piperidine rings is 1. The van der Waals surface area contributed by atoms with Crippen molar-refractivity contribution in [3.8, 4) is 0 Å². The highest BCUT2D eigenvalue weighted by molar-refractivity contribution is 6.30.